The summed E-state index contributed by atoms with van der Waals surface area (Å²) in [7, 11) is -2.17. The Hall–Kier alpha value is -2.34. The van der Waals surface area contributed by atoms with Crippen LogP contribution in [0.1, 0.15) is 36.4 Å². The van der Waals surface area contributed by atoms with Crippen LogP contribution in [0.3, 0.4) is 0 Å². The zero-order chi connectivity index (χ0) is 21.6. The summed E-state index contributed by atoms with van der Waals surface area (Å²) in [6.45, 7) is 9.50. The molecule has 0 bridgehead atoms. The Morgan fingerprint density at radius 1 is 1.17 bits per heavy atom. The summed E-state index contributed by atoms with van der Waals surface area (Å²) in [5.74, 6) is 0.309. The summed E-state index contributed by atoms with van der Waals surface area (Å²) in [5.41, 5.74) is 3.63. The summed E-state index contributed by atoms with van der Waals surface area (Å²) >= 11 is 0. The third kappa shape index (κ3) is 5.38. The Labute approximate surface area is 172 Å². The molecule has 0 aliphatic heterocycles. The number of pyridine rings is 1. The van der Waals surface area contributed by atoms with E-state index >= 15 is 0 Å². The van der Waals surface area contributed by atoms with Gasteiger partial charge in [0.15, 0.2) is 11.5 Å². The molecule has 0 spiro atoms. The van der Waals surface area contributed by atoms with Gasteiger partial charge in [-0.15, -0.1) is 0 Å². The first-order valence-electron chi connectivity index (χ1n) is 9.44. The normalized spacial score (nSPS) is 12.1. The molecule has 0 radical (unpaired) electrons. The van der Waals surface area contributed by atoms with Crippen LogP contribution in [0.4, 0.5) is 5.69 Å². The quantitative estimate of drug-likeness (QED) is 0.525. The lowest BCUT2D eigenvalue weighted by atomic mass is 10.1. The number of anilines is 1. The van der Waals surface area contributed by atoms with Crippen molar-refractivity contribution in [3.05, 3.63) is 53.0 Å². The number of nitrogens with one attached hydrogen (secondary N) is 1. The average Bonchev–Trinajstić information content (AvgIpc) is 2.66. The van der Waals surface area contributed by atoms with Gasteiger partial charge in [-0.3, -0.25) is 9.55 Å². The second kappa shape index (κ2) is 9.92. The lowest BCUT2D eigenvalue weighted by molar-refractivity contribution is 0.230. The van der Waals surface area contributed by atoms with Crippen molar-refractivity contribution < 1.29 is 23.5 Å². The van der Waals surface area contributed by atoms with E-state index in [1.807, 2.05) is 26.0 Å². The number of aromatic nitrogens is 1. The molecule has 0 atom stereocenters. The van der Waals surface area contributed by atoms with E-state index in [1.165, 1.54) is 7.11 Å². The minimum atomic E-state index is -3.64. The maximum absolute atomic E-state index is 13.6. The molecule has 0 saturated carbocycles. The van der Waals surface area contributed by atoms with E-state index in [0.29, 0.717) is 16.4 Å². The van der Waals surface area contributed by atoms with Crippen molar-refractivity contribution in [1.29, 1.82) is 0 Å². The zero-order valence-electron chi connectivity index (χ0n) is 17.8. The molecule has 158 valence electrons. The van der Waals surface area contributed by atoms with Crippen LogP contribution < -0.4 is 10.1 Å². The highest BCUT2D eigenvalue weighted by molar-refractivity contribution is 7.65. The van der Waals surface area contributed by atoms with Crippen molar-refractivity contribution in [2.24, 2.45) is 0 Å². The number of phenols is 1. The van der Waals surface area contributed by atoms with Crippen molar-refractivity contribution in [3.8, 4) is 11.5 Å². The number of benzene rings is 1. The molecule has 0 unspecified atom stereocenters. The maximum atomic E-state index is 13.6. The molecular formula is C21H29N2O5P. The first-order chi connectivity index (χ1) is 13.8. The summed E-state index contributed by atoms with van der Waals surface area (Å²) < 4.78 is 30.0. The van der Waals surface area contributed by atoms with Crippen LogP contribution >= 0.6 is 7.60 Å². The van der Waals surface area contributed by atoms with Crippen LogP contribution in [0.25, 0.3) is 5.31 Å². The van der Waals surface area contributed by atoms with Crippen LogP contribution in [0.2, 0.25) is 0 Å². The highest BCUT2D eigenvalue weighted by atomic mass is 31.2. The van der Waals surface area contributed by atoms with Gasteiger partial charge in [0.05, 0.1) is 37.0 Å². The first-order valence-corrected chi connectivity index (χ1v) is 11.0. The smallest absolute Gasteiger partial charge is 0.363 e. The molecule has 0 fully saturated rings. The van der Waals surface area contributed by atoms with E-state index in [0.717, 1.165) is 17.1 Å². The number of aryl methyl sites for hydroxylation is 3. The molecule has 0 saturated heterocycles. The number of nitrogens with zero attached hydrogens (tertiary/aromatic N) is 1. The van der Waals surface area contributed by atoms with Crippen LogP contribution in [0.5, 0.6) is 11.5 Å². The molecule has 2 rings (SSSR count). The Morgan fingerprint density at radius 3 is 2.38 bits per heavy atom. The summed E-state index contributed by atoms with van der Waals surface area (Å²) in [6, 6.07) is 7.12. The van der Waals surface area contributed by atoms with Crippen molar-refractivity contribution in [2.45, 2.75) is 34.6 Å². The van der Waals surface area contributed by atoms with Gasteiger partial charge in [-0.25, -0.2) is 0 Å². The fourth-order valence-electron chi connectivity index (χ4n) is 2.87. The number of phenolic OH excluding ortho intramolecular Hbond substituents is 1. The molecule has 2 aromatic rings. The van der Waals surface area contributed by atoms with Gasteiger partial charge in [-0.2, -0.15) is 0 Å². The average molecular weight is 420 g/mol. The van der Waals surface area contributed by atoms with E-state index in [-0.39, 0.29) is 24.7 Å². The molecule has 1 aromatic carbocycles. The lowest BCUT2D eigenvalue weighted by Gasteiger charge is -2.22. The molecule has 8 heteroatoms. The van der Waals surface area contributed by atoms with Crippen molar-refractivity contribution in [2.75, 3.05) is 25.6 Å². The number of hydrogen-bond acceptors (Lipinski definition) is 7. The maximum Gasteiger partial charge on any atom is 0.363 e. The van der Waals surface area contributed by atoms with Crippen molar-refractivity contribution >= 4 is 18.6 Å². The monoisotopic (exact) mass is 420 g/mol. The van der Waals surface area contributed by atoms with Crippen molar-refractivity contribution in [3.63, 3.8) is 0 Å². The lowest BCUT2D eigenvalue weighted by Crippen LogP contribution is -2.03. The topological polar surface area (TPSA) is 89.9 Å². The molecule has 0 aliphatic carbocycles. The number of ether oxygens (including phenoxy) is 1. The second-order valence-electron chi connectivity index (χ2n) is 6.44. The highest BCUT2D eigenvalue weighted by Gasteiger charge is 2.32. The summed E-state index contributed by atoms with van der Waals surface area (Å²) in [5, 5.41) is 13.7. The Morgan fingerprint density at radius 2 is 1.83 bits per heavy atom. The van der Waals surface area contributed by atoms with Gasteiger partial charge < -0.3 is 24.2 Å². The van der Waals surface area contributed by atoms with Gasteiger partial charge in [-0.05, 0) is 70.0 Å². The predicted molar refractivity (Wildman–Crippen MR) is 116 cm³/mol. The largest absolute Gasteiger partial charge is 0.504 e. The van der Waals surface area contributed by atoms with Gasteiger partial charge in [-0.1, -0.05) is 0 Å². The third-order valence-electron chi connectivity index (χ3n) is 4.26. The molecule has 0 aliphatic rings. The standard InChI is InChI=1S/C21H29N2O5P/c1-7-27-29(25,28-8-2)20(13-22-18-10-9-15(4)23-16(18)5)17-11-14(3)21(24)19(12-17)26-6/h9-13,22,24H,7-8H2,1-6H3. The summed E-state index contributed by atoms with van der Waals surface area (Å²) in [6.07, 6.45) is 1.61. The molecule has 1 aromatic heterocycles. The van der Waals surface area contributed by atoms with Gasteiger partial charge >= 0.3 is 7.60 Å². The van der Waals surface area contributed by atoms with Crippen LogP contribution in [-0.2, 0) is 13.6 Å². The van der Waals surface area contributed by atoms with Gasteiger partial charge in [0.2, 0.25) is 0 Å². The van der Waals surface area contributed by atoms with E-state index in [2.05, 4.69) is 10.3 Å². The number of hydrogen-bond donors (Lipinski definition) is 2. The zero-order valence-corrected chi connectivity index (χ0v) is 18.7. The first kappa shape index (κ1) is 22.9. The minimum absolute atomic E-state index is 0.0322. The third-order valence-corrected chi connectivity index (χ3v) is 6.44. The molecule has 1 heterocycles. The van der Waals surface area contributed by atoms with E-state index < -0.39 is 7.60 Å². The Balaban J connectivity index is 2.62. The van der Waals surface area contributed by atoms with Crippen LogP contribution in [0, 0.1) is 20.8 Å². The molecular weight excluding hydrogens is 391 g/mol. The molecule has 29 heavy (non-hydrogen) atoms. The Kier molecular flexibility index (Phi) is 7.85. The van der Waals surface area contributed by atoms with Gasteiger partial charge in [0, 0.05) is 11.9 Å². The number of methoxy groups -OCH3 is 1. The fourth-order valence-corrected chi connectivity index (χ4v) is 4.57. The van der Waals surface area contributed by atoms with Crippen molar-refractivity contribution in [1.82, 2.24) is 4.98 Å². The predicted octanol–water partition coefficient (Wildman–Crippen LogP) is 5.40. The number of aromatic hydroxyl groups is 1. The fraction of sp³-hybridized carbons (Fsp3) is 0.381. The second-order valence-corrected chi connectivity index (χ2v) is 8.43. The molecule has 7 nitrogen and oxygen atoms in total. The van der Waals surface area contributed by atoms with Crippen LogP contribution in [0.15, 0.2) is 30.5 Å². The van der Waals surface area contributed by atoms with E-state index in [1.54, 1.807) is 39.1 Å². The molecule has 2 N–H and O–H groups in total. The van der Waals surface area contributed by atoms with E-state index in [4.69, 9.17) is 13.8 Å². The number of rotatable bonds is 9. The molecule has 0 amide bonds. The van der Waals surface area contributed by atoms with Gasteiger partial charge in [0.25, 0.3) is 0 Å². The van der Waals surface area contributed by atoms with Crippen LogP contribution in [-0.4, -0.2) is 30.4 Å². The SMILES string of the molecule is CCOP(=O)(OCC)C(=CNc1ccc(C)nc1C)c1cc(C)c(O)c(OC)c1. The minimum Gasteiger partial charge on any atom is -0.504 e. The highest BCUT2D eigenvalue weighted by Crippen LogP contribution is 2.61. The summed E-state index contributed by atoms with van der Waals surface area (Å²) in [4.78, 5) is 4.44. The van der Waals surface area contributed by atoms with Gasteiger partial charge in [0.1, 0.15) is 0 Å². The Bertz CT molecular complexity index is 933. The van der Waals surface area contributed by atoms with E-state index in [9.17, 15) is 9.67 Å².